The minimum atomic E-state index is 0.483. The van der Waals surface area contributed by atoms with Crippen molar-refractivity contribution in [3.8, 4) is 5.88 Å². The summed E-state index contributed by atoms with van der Waals surface area (Å²) in [4.78, 5) is 4.01. The molecule has 1 aromatic rings. The smallest absolute Gasteiger partial charge is 0.213 e. The number of nitrogens with zero attached hydrogens (tertiary/aromatic N) is 1. The molecule has 0 unspecified atom stereocenters. The number of ether oxygens (including phenoxy) is 1. The molecule has 14 heavy (non-hydrogen) atoms. The zero-order chi connectivity index (χ0) is 10.4. The van der Waals surface area contributed by atoms with Gasteiger partial charge in [0.05, 0.1) is 5.02 Å². The van der Waals surface area contributed by atoms with Crippen LogP contribution in [0.5, 0.6) is 5.88 Å². The zero-order valence-corrected chi connectivity index (χ0v) is 9.21. The van der Waals surface area contributed by atoms with E-state index in [1.165, 1.54) is 0 Å². The molecule has 0 aromatic carbocycles. The standard InChI is InChI=1S/C10H15ClN2O/c1-8(2)12-5-6-14-10-4-3-9(11)7-13-10/h3-4,7-8,12H,5-6H2,1-2H3. The quantitative estimate of drug-likeness (QED) is 0.763. The van der Waals surface area contributed by atoms with E-state index in [2.05, 4.69) is 24.1 Å². The summed E-state index contributed by atoms with van der Waals surface area (Å²) in [7, 11) is 0. The van der Waals surface area contributed by atoms with Gasteiger partial charge in [0, 0.05) is 24.8 Å². The summed E-state index contributed by atoms with van der Waals surface area (Å²) in [6.07, 6.45) is 1.58. The fourth-order valence-electron chi connectivity index (χ4n) is 0.951. The Balaban J connectivity index is 2.21. The predicted octanol–water partition coefficient (Wildman–Crippen LogP) is 2.11. The van der Waals surface area contributed by atoms with Crippen LogP contribution in [0.2, 0.25) is 5.02 Å². The van der Waals surface area contributed by atoms with E-state index in [4.69, 9.17) is 16.3 Å². The van der Waals surface area contributed by atoms with Crippen LogP contribution in [-0.2, 0) is 0 Å². The third kappa shape index (κ3) is 4.44. The van der Waals surface area contributed by atoms with Crippen molar-refractivity contribution in [3.63, 3.8) is 0 Å². The number of hydrogen-bond acceptors (Lipinski definition) is 3. The molecule has 1 heterocycles. The van der Waals surface area contributed by atoms with Crippen molar-refractivity contribution >= 4 is 11.6 Å². The summed E-state index contributed by atoms with van der Waals surface area (Å²) in [6, 6.07) is 4.01. The first kappa shape index (κ1) is 11.3. The van der Waals surface area contributed by atoms with Gasteiger partial charge in [0.15, 0.2) is 0 Å². The summed E-state index contributed by atoms with van der Waals surface area (Å²) in [6.45, 7) is 5.63. The van der Waals surface area contributed by atoms with Gasteiger partial charge in [-0.1, -0.05) is 25.4 Å². The molecule has 0 spiro atoms. The van der Waals surface area contributed by atoms with E-state index in [1.807, 2.05) is 0 Å². The lowest BCUT2D eigenvalue weighted by atomic mass is 10.4. The second kappa shape index (κ2) is 5.83. The molecule has 0 saturated carbocycles. The maximum absolute atomic E-state index is 5.68. The number of aromatic nitrogens is 1. The molecule has 0 saturated heterocycles. The van der Waals surface area contributed by atoms with Crippen LogP contribution in [0.3, 0.4) is 0 Å². The molecule has 1 rings (SSSR count). The Labute approximate surface area is 89.4 Å². The van der Waals surface area contributed by atoms with E-state index in [0.29, 0.717) is 23.6 Å². The number of halogens is 1. The highest BCUT2D eigenvalue weighted by molar-refractivity contribution is 6.30. The second-order valence-corrected chi connectivity index (χ2v) is 3.71. The van der Waals surface area contributed by atoms with E-state index in [9.17, 15) is 0 Å². The van der Waals surface area contributed by atoms with E-state index in [-0.39, 0.29) is 0 Å². The van der Waals surface area contributed by atoms with Crippen LogP contribution in [0, 0.1) is 0 Å². The Morgan fingerprint density at radius 3 is 2.86 bits per heavy atom. The topological polar surface area (TPSA) is 34.1 Å². The van der Waals surface area contributed by atoms with Gasteiger partial charge in [0.1, 0.15) is 6.61 Å². The van der Waals surface area contributed by atoms with Crippen molar-refractivity contribution in [3.05, 3.63) is 23.4 Å². The third-order valence-electron chi connectivity index (χ3n) is 1.60. The van der Waals surface area contributed by atoms with Gasteiger partial charge in [-0.25, -0.2) is 4.98 Å². The summed E-state index contributed by atoms with van der Waals surface area (Å²) in [5.41, 5.74) is 0. The van der Waals surface area contributed by atoms with Crippen molar-refractivity contribution in [1.82, 2.24) is 10.3 Å². The largest absolute Gasteiger partial charge is 0.476 e. The van der Waals surface area contributed by atoms with Crippen LogP contribution in [0.4, 0.5) is 0 Å². The number of nitrogens with one attached hydrogen (secondary N) is 1. The highest BCUT2D eigenvalue weighted by Crippen LogP contribution is 2.10. The van der Waals surface area contributed by atoms with Crippen molar-refractivity contribution in [2.75, 3.05) is 13.2 Å². The van der Waals surface area contributed by atoms with Gasteiger partial charge in [-0.05, 0) is 6.07 Å². The van der Waals surface area contributed by atoms with Crippen molar-refractivity contribution in [2.24, 2.45) is 0 Å². The number of hydrogen-bond donors (Lipinski definition) is 1. The molecule has 4 heteroatoms. The molecular weight excluding hydrogens is 200 g/mol. The Bertz CT molecular complexity index is 261. The Morgan fingerprint density at radius 2 is 2.29 bits per heavy atom. The van der Waals surface area contributed by atoms with Gasteiger partial charge in [0.2, 0.25) is 5.88 Å². The van der Waals surface area contributed by atoms with Crippen molar-refractivity contribution in [2.45, 2.75) is 19.9 Å². The summed E-state index contributed by atoms with van der Waals surface area (Å²) in [5, 5.41) is 3.87. The summed E-state index contributed by atoms with van der Waals surface area (Å²) < 4.78 is 5.38. The minimum Gasteiger partial charge on any atom is -0.476 e. The van der Waals surface area contributed by atoms with E-state index >= 15 is 0 Å². The van der Waals surface area contributed by atoms with Crippen LogP contribution in [-0.4, -0.2) is 24.2 Å². The van der Waals surface area contributed by atoms with Crippen LogP contribution in [0.25, 0.3) is 0 Å². The highest BCUT2D eigenvalue weighted by atomic mass is 35.5. The lowest BCUT2D eigenvalue weighted by Crippen LogP contribution is -2.27. The van der Waals surface area contributed by atoms with Gasteiger partial charge in [-0.15, -0.1) is 0 Å². The molecule has 0 fully saturated rings. The van der Waals surface area contributed by atoms with Crippen molar-refractivity contribution in [1.29, 1.82) is 0 Å². The Morgan fingerprint density at radius 1 is 1.50 bits per heavy atom. The normalized spacial score (nSPS) is 10.6. The van der Waals surface area contributed by atoms with E-state index < -0.39 is 0 Å². The SMILES string of the molecule is CC(C)NCCOc1ccc(Cl)cn1. The highest BCUT2D eigenvalue weighted by Gasteiger charge is 1.95. The second-order valence-electron chi connectivity index (χ2n) is 3.27. The summed E-state index contributed by atoms with van der Waals surface area (Å²) >= 11 is 5.68. The van der Waals surface area contributed by atoms with E-state index in [0.717, 1.165) is 6.54 Å². The van der Waals surface area contributed by atoms with Crippen LogP contribution in [0.1, 0.15) is 13.8 Å². The van der Waals surface area contributed by atoms with E-state index in [1.54, 1.807) is 18.3 Å². The molecule has 1 aromatic heterocycles. The molecular formula is C10H15ClN2O. The lowest BCUT2D eigenvalue weighted by Gasteiger charge is -2.08. The lowest BCUT2D eigenvalue weighted by molar-refractivity contribution is 0.298. The molecule has 0 radical (unpaired) electrons. The van der Waals surface area contributed by atoms with Gasteiger partial charge in [-0.3, -0.25) is 0 Å². The molecule has 78 valence electrons. The molecule has 0 aliphatic carbocycles. The molecule has 1 N–H and O–H groups in total. The number of pyridine rings is 1. The van der Waals surface area contributed by atoms with Crippen LogP contribution in [0.15, 0.2) is 18.3 Å². The molecule has 0 aliphatic rings. The maximum Gasteiger partial charge on any atom is 0.213 e. The van der Waals surface area contributed by atoms with Gasteiger partial charge in [-0.2, -0.15) is 0 Å². The average Bonchev–Trinajstić information content (AvgIpc) is 2.15. The van der Waals surface area contributed by atoms with Crippen molar-refractivity contribution < 1.29 is 4.74 Å². The third-order valence-corrected chi connectivity index (χ3v) is 1.83. The zero-order valence-electron chi connectivity index (χ0n) is 8.46. The van der Waals surface area contributed by atoms with Crippen LogP contribution < -0.4 is 10.1 Å². The van der Waals surface area contributed by atoms with Crippen LogP contribution >= 0.6 is 11.6 Å². The fourth-order valence-corrected chi connectivity index (χ4v) is 1.06. The average molecular weight is 215 g/mol. The first-order valence-electron chi connectivity index (χ1n) is 4.66. The van der Waals surface area contributed by atoms with Gasteiger partial charge < -0.3 is 10.1 Å². The Hall–Kier alpha value is -0.800. The Kier molecular flexibility index (Phi) is 4.70. The molecule has 0 amide bonds. The molecule has 0 aliphatic heterocycles. The minimum absolute atomic E-state index is 0.483. The monoisotopic (exact) mass is 214 g/mol. The fraction of sp³-hybridized carbons (Fsp3) is 0.500. The molecule has 0 bridgehead atoms. The maximum atomic E-state index is 5.68. The number of rotatable bonds is 5. The summed E-state index contributed by atoms with van der Waals surface area (Å²) in [5.74, 6) is 0.611. The first-order chi connectivity index (χ1) is 6.68. The van der Waals surface area contributed by atoms with Gasteiger partial charge in [0.25, 0.3) is 0 Å². The van der Waals surface area contributed by atoms with Gasteiger partial charge >= 0.3 is 0 Å². The molecule has 0 atom stereocenters. The molecule has 3 nitrogen and oxygen atoms in total. The first-order valence-corrected chi connectivity index (χ1v) is 5.04. The predicted molar refractivity (Wildman–Crippen MR) is 57.9 cm³/mol.